The van der Waals surface area contributed by atoms with Gasteiger partial charge in [-0.25, -0.2) is 0 Å². The van der Waals surface area contributed by atoms with Crippen LogP contribution in [0.1, 0.15) is 38.1 Å². The van der Waals surface area contributed by atoms with Crippen LogP contribution in [0.25, 0.3) is 11.6 Å². The molecule has 1 aromatic carbocycles. The summed E-state index contributed by atoms with van der Waals surface area (Å²) >= 11 is 7.10. The Kier molecular flexibility index (Phi) is 6.57. The van der Waals surface area contributed by atoms with E-state index >= 15 is 0 Å². The van der Waals surface area contributed by atoms with Crippen LogP contribution >= 0.6 is 23.4 Å². The Morgan fingerprint density at radius 3 is 2.81 bits per heavy atom. The lowest BCUT2D eigenvalue weighted by Gasteiger charge is -2.25. The second-order valence-electron chi connectivity index (χ2n) is 7.21. The molecule has 9 nitrogen and oxygen atoms in total. The number of hydrogen-bond acceptors (Lipinski definition) is 7. The van der Waals surface area contributed by atoms with E-state index in [2.05, 4.69) is 20.1 Å². The molecule has 1 aliphatic carbocycles. The fraction of sp³-hybridized carbons (Fsp3) is 0.350. The minimum absolute atomic E-state index is 0.0170. The van der Waals surface area contributed by atoms with Crippen LogP contribution in [0.15, 0.2) is 46.2 Å². The van der Waals surface area contributed by atoms with Crippen molar-refractivity contribution in [2.45, 2.75) is 43.3 Å². The maximum absolute atomic E-state index is 12.5. The summed E-state index contributed by atoms with van der Waals surface area (Å²) in [5.41, 5.74) is 0.0546. The Morgan fingerprint density at radius 2 is 2.10 bits per heavy atom. The van der Waals surface area contributed by atoms with Crippen molar-refractivity contribution in [3.8, 4) is 11.6 Å². The number of nitro groups is 1. The van der Waals surface area contributed by atoms with Gasteiger partial charge in [-0.1, -0.05) is 42.6 Å². The second-order valence-corrected chi connectivity index (χ2v) is 8.56. The molecule has 0 radical (unpaired) electrons. The Bertz CT molecular complexity index is 1080. The molecular weight excluding hydrogens is 442 g/mol. The van der Waals surface area contributed by atoms with E-state index < -0.39 is 4.92 Å². The van der Waals surface area contributed by atoms with Crippen molar-refractivity contribution >= 4 is 40.6 Å². The van der Waals surface area contributed by atoms with Crippen LogP contribution in [0.5, 0.6) is 0 Å². The number of carbonyl (C=O) groups excluding carboxylic acids is 1. The smallest absolute Gasteiger partial charge is 0.289 e. The van der Waals surface area contributed by atoms with E-state index in [1.807, 2.05) is 6.07 Å². The van der Waals surface area contributed by atoms with Crippen molar-refractivity contribution < 1.29 is 14.1 Å². The summed E-state index contributed by atoms with van der Waals surface area (Å²) in [4.78, 5) is 22.9. The topological polar surface area (TPSA) is 116 Å². The fourth-order valence-electron chi connectivity index (χ4n) is 3.68. The maximum atomic E-state index is 12.5. The molecule has 0 aliphatic heterocycles. The molecule has 3 aromatic rings. The van der Waals surface area contributed by atoms with Crippen molar-refractivity contribution in [3.63, 3.8) is 0 Å². The molecule has 0 saturated heterocycles. The molecule has 2 aromatic heterocycles. The molecule has 1 amide bonds. The molecule has 1 aliphatic rings. The van der Waals surface area contributed by atoms with Gasteiger partial charge in [0.05, 0.1) is 16.9 Å². The van der Waals surface area contributed by atoms with Crippen LogP contribution in [0.3, 0.4) is 0 Å². The molecule has 0 bridgehead atoms. The summed E-state index contributed by atoms with van der Waals surface area (Å²) in [5.74, 6) is 1.08. The number of nitrogens with zero attached hydrogens (tertiary/aromatic N) is 4. The van der Waals surface area contributed by atoms with Gasteiger partial charge < -0.3 is 9.73 Å². The van der Waals surface area contributed by atoms with E-state index in [0.29, 0.717) is 22.4 Å². The summed E-state index contributed by atoms with van der Waals surface area (Å²) in [6.45, 7) is 0. The van der Waals surface area contributed by atoms with Crippen molar-refractivity contribution in [2.75, 3.05) is 11.1 Å². The van der Waals surface area contributed by atoms with Gasteiger partial charge in [0, 0.05) is 17.8 Å². The Balaban J connectivity index is 1.49. The third-order valence-electron chi connectivity index (χ3n) is 5.10. The van der Waals surface area contributed by atoms with Crippen molar-refractivity contribution in [3.05, 3.63) is 51.7 Å². The molecule has 162 valence electrons. The highest BCUT2D eigenvalue weighted by Gasteiger charge is 2.25. The number of aromatic nitrogens is 3. The highest BCUT2D eigenvalue weighted by atomic mass is 35.5. The van der Waals surface area contributed by atoms with Gasteiger partial charge >= 0.3 is 0 Å². The van der Waals surface area contributed by atoms with E-state index in [9.17, 15) is 14.9 Å². The molecule has 2 heterocycles. The number of furan rings is 1. The SMILES string of the molecule is O=C(CSc1nnc(-c2ccco2)n1C1CCCCC1)Nc1ccc(Cl)c([N+](=O)[O-])c1. The minimum atomic E-state index is -0.588. The predicted molar refractivity (Wildman–Crippen MR) is 117 cm³/mol. The minimum Gasteiger partial charge on any atom is -0.461 e. The molecule has 11 heteroatoms. The third kappa shape index (κ3) is 4.91. The second kappa shape index (κ2) is 9.52. The number of rotatable bonds is 7. The third-order valence-corrected chi connectivity index (χ3v) is 6.37. The number of halogens is 1. The van der Waals surface area contributed by atoms with Gasteiger partial charge in [0.2, 0.25) is 11.7 Å². The lowest BCUT2D eigenvalue weighted by molar-refractivity contribution is -0.384. The Morgan fingerprint density at radius 1 is 1.29 bits per heavy atom. The van der Waals surface area contributed by atoms with Crippen LogP contribution < -0.4 is 5.32 Å². The lowest BCUT2D eigenvalue weighted by atomic mass is 9.95. The first-order valence-electron chi connectivity index (χ1n) is 9.88. The van der Waals surface area contributed by atoms with Gasteiger partial charge in [0.25, 0.3) is 5.69 Å². The number of nitro benzene ring substituents is 1. The number of benzene rings is 1. The number of hydrogen-bond donors (Lipinski definition) is 1. The summed E-state index contributed by atoms with van der Waals surface area (Å²) in [7, 11) is 0. The van der Waals surface area contributed by atoms with E-state index in [0.717, 1.165) is 25.7 Å². The molecule has 4 rings (SSSR count). The lowest BCUT2D eigenvalue weighted by Crippen LogP contribution is -2.17. The van der Waals surface area contributed by atoms with Crippen LogP contribution in [0.2, 0.25) is 5.02 Å². The number of nitrogens with one attached hydrogen (secondary N) is 1. The van der Waals surface area contributed by atoms with Crippen LogP contribution in [-0.2, 0) is 4.79 Å². The standard InChI is InChI=1S/C20H20ClN5O4S/c21-15-9-8-13(11-16(15)26(28)29)22-18(27)12-31-20-24-23-19(17-7-4-10-30-17)25(20)14-5-2-1-3-6-14/h4,7-11,14H,1-3,5-6,12H2,(H,22,27). The average Bonchev–Trinajstić information content (AvgIpc) is 3.43. The molecule has 0 spiro atoms. The first kappa shape index (κ1) is 21.4. The van der Waals surface area contributed by atoms with E-state index in [-0.39, 0.29) is 28.4 Å². The van der Waals surface area contributed by atoms with E-state index in [4.69, 9.17) is 16.0 Å². The zero-order valence-electron chi connectivity index (χ0n) is 16.5. The van der Waals surface area contributed by atoms with Gasteiger partial charge in [-0.3, -0.25) is 19.5 Å². The number of amides is 1. The summed E-state index contributed by atoms with van der Waals surface area (Å²) in [6, 6.07) is 8.06. The van der Waals surface area contributed by atoms with Gasteiger partial charge in [0.1, 0.15) is 5.02 Å². The van der Waals surface area contributed by atoms with Gasteiger partial charge in [-0.05, 0) is 37.1 Å². The predicted octanol–water partition coefficient (Wildman–Crippen LogP) is 5.34. The molecule has 31 heavy (non-hydrogen) atoms. The van der Waals surface area contributed by atoms with E-state index in [1.165, 1.54) is 36.4 Å². The van der Waals surface area contributed by atoms with Crippen LogP contribution in [0, 0.1) is 10.1 Å². The number of thioether (sulfide) groups is 1. The average molecular weight is 462 g/mol. The Hall–Kier alpha value is -2.85. The largest absolute Gasteiger partial charge is 0.461 e. The Labute approximate surface area is 187 Å². The molecule has 0 atom stereocenters. The normalized spacial score (nSPS) is 14.5. The summed E-state index contributed by atoms with van der Waals surface area (Å²) in [5, 5.41) is 23.0. The first-order chi connectivity index (χ1) is 15.0. The zero-order chi connectivity index (χ0) is 21.8. The van der Waals surface area contributed by atoms with E-state index in [1.54, 1.807) is 12.3 Å². The maximum Gasteiger partial charge on any atom is 0.289 e. The van der Waals surface area contributed by atoms with Crippen LogP contribution in [0.4, 0.5) is 11.4 Å². The van der Waals surface area contributed by atoms with Gasteiger partial charge in [0.15, 0.2) is 10.9 Å². The van der Waals surface area contributed by atoms with Crippen molar-refractivity contribution in [1.29, 1.82) is 0 Å². The highest BCUT2D eigenvalue weighted by Crippen LogP contribution is 2.35. The van der Waals surface area contributed by atoms with Crippen molar-refractivity contribution in [1.82, 2.24) is 14.8 Å². The fourth-order valence-corrected chi connectivity index (χ4v) is 4.67. The van der Waals surface area contributed by atoms with Gasteiger partial charge in [-0.2, -0.15) is 0 Å². The zero-order valence-corrected chi connectivity index (χ0v) is 18.1. The monoisotopic (exact) mass is 461 g/mol. The quantitative estimate of drug-likeness (QED) is 0.287. The molecule has 0 unspecified atom stereocenters. The molecular formula is C20H20ClN5O4S. The van der Waals surface area contributed by atoms with Crippen molar-refractivity contribution in [2.24, 2.45) is 0 Å². The number of carbonyl (C=O) groups is 1. The molecule has 1 saturated carbocycles. The summed E-state index contributed by atoms with van der Waals surface area (Å²) < 4.78 is 7.60. The summed E-state index contributed by atoms with van der Waals surface area (Å²) in [6.07, 6.45) is 7.15. The highest BCUT2D eigenvalue weighted by molar-refractivity contribution is 7.99. The first-order valence-corrected chi connectivity index (χ1v) is 11.2. The van der Waals surface area contributed by atoms with Crippen LogP contribution in [-0.4, -0.2) is 31.3 Å². The molecule has 1 fully saturated rings. The molecule has 1 N–H and O–H groups in total. The van der Waals surface area contributed by atoms with Gasteiger partial charge in [-0.15, -0.1) is 10.2 Å². The number of anilines is 1.